The number of halogens is 3. The highest BCUT2D eigenvalue weighted by molar-refractivity contribution is 7.18. The van der Waals surface area contributed by atoms with Gasteiger partial charge in [0.05, 0.1) is 22.3 Å². The van der Waals surface area contributed by atoms with Crippen molar-refractivity contribution in [3.63, 3.8) is 0 Å². The molecule has 2 N–H and O–H groups in total. The van der Waals surface area contributed by atoms with Crippen molar-refractivity contribution in [2.75, 3.05) is 6.54 Å². The molecule has 2 aromatic rings. The predicted molar refractivity (Wildman–Crippen MR) is 63.4 cm³/mol. The Labute approximate surface area is 106 Å². The van der Waals surface area contributed by atoms with Crippen LogP contribution >= 0.6 is 11.3 Å². The molecule has 1 aromatic carbocycles. The van der Waals surface area contributed by atoms with Crippen molar-refractivity contribution in [3.8, 4) is 0 Å². The molecule has 18 heavy (non-hydrogen) atoms. The smallest absolute Gasteiger partial charge is 0.338 e. The van der Waals surface area contributed by atoms with Gasteiger partial charge in [-0.15, -0.1) is 11.3 Å². The van der Waals surface area contributed by atoms with E-state index in [2.05, 4.69) is 10.3 Å². The SMILES string of the molecule is FC(F)(F)c1ccc2sc([C@@H]3CCC[NH2+]3)nc2c1. The van der Waals surface area contributed by atoms with Crippen molar-refractivity contribution < 1.29 is 18.5 Å². The number of quaternary nitrogens is 1. The van der Waals surface area contributed by atoms with Gasteiger partial charge in [0.1, 0.15) is 6.04 Å². The van der Waals surface area contributed by atoms with Crippen LogP contribution in [0.15, 0.2) is 18.2 Å². The van der Waals surface area contributed by atoms with E-state index in [1.807, 2.05) is 0 Å². The summed E-state index contributed by atoms with van der Waals surface area (Å²) in [4.78, 5) is 4.36. The summed E-state index contributed by atoms with van der Waals surface area (Å²) in [5, 5.41) is 3.16. The van der Waals surface area contributed by atoms with Gasteiger partial charge < -0.3 is 5.32 Å². The summed E-state index contributed by atoms with van der Waals surface area (Å²) in [6, 6.07) is 4.12. The molecular weight excluding hydrogens is 261 g/mol. The molecule has 1 aromatic heterocycles. The van der Waals surface area contributed by atoms with Crippen LogP contribution in [0.1, 0.15) is 29.5 Å². The Morgan fingerprint density at radius 3 is 2.83 bits per heavy atom. The standard InChI is InChI=1S/C12H11F3N2S/c13-12(14,15)7-3-4-10-9(6-7)17-11(18-10)8-2-1-5-16-8/h3-4,6,8,16H,1-2,5H2/p+1/t8-/m0/s1. The number of nitrogens with two attached hydrogens (primary N) is 1. The van der Waals surface area contributed by atoms with E-state index in [1.165, 1.54) is 17.4 Å². The normalized spacial score (nSPS) is 20.7. The Morgan fingerprint density at radius 2 is 2.17 bits per heavy atom. The third kappa shape index (κ3) is 2.10. The quantitative estimate of drug-likeness (QED) is 0.850. The van der Waals surface area contributed by atoms with E-state index in [0.717, 1.165) is 41.2 Å². The number of hydrogen-bond donors (Lipinski definition) is 1. The van der Waals surface area contributed by atoms with E-state index in [9.17, 15) is 13.2 Å². The van der Waals surface area contributed by atoms with E-state index >= 15 is 0 Å². The van der Waals surface area contributed by atoms with Crippen molar-refractivity contribution in [1.29, 1.82) is 0 Å². The molecule has 2 heterocycles. The van der Waals surface area contributed by atoms with Gasteiger partial charge in [0.2, 0.25) is 0 Å². The lowest BCUT2D eigenvalue weighted by Gasteiger charge is -2.04. The van der Waals surface area contributed by atoms with Crippen LogP contribution in [0.5, 0.6) is 0 Å². The zero-order valence-corrected chi connectivity index (χ0v) is 10.3. The molecular formula is C12H12F3N2S+. The summed E-state index contributed by atoms with van der Waals surface area (Å²) >= 11 is 1.50. The van der Waals surface area contributed by atoms with Crippen LogP contribution in [-0.2, 0) is 6.18 Å². The highest BCUT2D eigenvalue weighted by atomic mass is 32.1. The first-order chi connectivity index (χ1) is 8.54. The fourth-order valence-electron chi connectivity index (χ4n) is 2.28. The van der Waals surface area contributed by atoms with Crippen LogP contribution in [0, 0.1) is 0 Å². The minimum atomic E-state index is -4.29. The van der Waals surface area contributed by atoms with Gasteiger partial charge in [-0.25, -0.2) is 4.98 Å². The Bertz CT molecular complexity index is 570. The number of benzene rings is 1. The van der Waals surface area contributed by atoms with Crippen LogP contribution in [0.3, 0.4) is 0 Å². The second kappa shape index (κ2) is 4.20. The minimum absolute atomic E-state index is 0.330. The zero-order chi connectivity index (χ0) is 12.8. The zero-order valence-electron chi connectivity index (χ0n) is 9.50. The van der Waals surface area contributed by atoms with Crippen molar-refractivity contribution >= 4 is 21.6 Å². The molecule has 1 aliphatic heterocycles. The highest BCUT2D eigenvalue weighted by Crippen LogP contribution is 2.34. The van der Waals surface area contributed by atoms with Crippen molar-refractivity contribution in [2.24, 2.45) is 0 Å². The lowest BCUT2D eigenvalue weighted by atomic mass is 10.2. The van der Waals surface area contributed by atoms with Gasteiger partial charge in [-0.3, -0.25) is 0 Å². The molecule has 0 bridgehead atoms. The molecule has 1 atom stereocenters. The van der Waals surface area contributed by atoms with Crippen LogP contribution in [0.4, 0.5) is 13.2 Å². The Balaban J connectivity index is 2.01. The van der Waals surface area contributed by atoms with Crippen LogP contribution in [0.2, 0.25) is 0 Å². The van der Waals surface area contributed by atoms with E-state index in [-0.39, 0.29) is 0 Å². The number of nitrogens with zero attached hydrogens (tertiary/aromatic N) is 1. The van der Waals surface area contributed by atoms with E-state index in [4.69, 9.17) is 0 Å². The van der Waals surface area contributed by atoms with Crippen molar-refractivity contribution in [1.82, 2.24) is 4.98 Å². The average Bonchev–Trinajstić information content (AvgIpc) is 2.95. The number of fused-ring (bicyclic) bond motifs is 1. The topological polar surface area (TPSA) is 29.5 Å². The number of thiazole rings is 1. The minimum Gasteiger partial charge on any atom is -0.338 e. The van der Waals surface area contributed by atoms with Crippen LogP contribution in [0.25, 0.3) is 10.2 Å². The maximum atomic E-state index is 12.6. The summed E-state index contributed by atoms with van der Waals surface area (Å²) in [5.41, 5.74) is -0.160. The average molecular weight is 273 g/mol. The summed E-state index contributed by atoms with van der Waals surface area (Å²) in [6.07, 6.45) is -2.09. The maximum Gasteiger partial charge on any atom is 0.416 e. The van der Waals surface area contributed by atoms with Gasteiger partial charge in [-0.05, 0) is 18.2 Å². The molecule has 0 amide bonds. The first-order valence-electron chi connectivity index (χ1n) is 5.85. The lowest BCUT2D eigenvalue weighted by molar-refractivity contribution is -0.676. The molecule has 0 aliphatic carbocycles. The Morgan fingerprint density at radius 1 is 1.33 bits per heavy atom. The van der Waals surface area contributed by atoms with E-state index in [1.54, 1.807) is 0 Å². The Kier molecular flexibility index (Phi) is 2.79. The third-order valence-corrected chi connectivity index (χ3v) is 4.39. The highest BCUT2D eigenvalue weighted by Gasteiger charge is 2.31. The van der Waals surface area contributed by atoms with Crippen molar-refractivity contribution in [2.45, 2.75) is 25.1 Å². The molecule has 1 fully saturated rings. The number of alkyl halides is 3. The maximum absolute atomic E-state index is 12.6. The van der Waals surface area contributed by atoms with E-state index < -0.39 is 11.7 Å². The predicted octanol–water partition coefficient (Wildman–Crippen LogP) is 2.71. The molecule has 1 saturated heterocycles. The van der Waals surface area contributed by atoms with Gasteiger partial charge in [-0.1, -0.05) is 0 Å². The molecule has 0 radical (unpaired) electrons. The Hall–Kier alpha value is -1.14. The number of aromatic nitrogens is 1. The third-order valence-electron chi connectivity index (χ3n) is 3.22. The molecule has 0 saturated carbocycles. The fraction of sp³-hybridized carbons (Fsp3) is 0.417. The molecule has 6 heteroatoms. The fourth-order valence-corrected chi connectivity index (χ4v) is 3.36. The number of rotatable bonds is 1. The summed E-state index contributed by atoms with van der Waals surface area (Å²) in [6.45, 7) is 1.08. The molecule has 0 unspecified atom stereocenters. The van der Waals surface area contributed by atoms with Crippen LogP contribution < -0.4 is 5.32 Å². The summed E-state index contributed by atoms with van der Waals surface area (Å²) in [7, 11) is 0. The van der Waals surface area contributed by atoms with E-state index in [0.29, 0.717) is 11.6 Å². The van der Waals surface area contributed by atoms with Gasteiger partial charge in [0.15, 0.2) is 5.01 Å². The van der Waals surface area contributed by atoms with Gasteiger partial charge in [0.25, 0.3) is 0 Å². The molecule has 0 spiro atoms. The second-order valence-corrected chi connectivity index (χ2v) is 5.57. The summed E-state index contributed by atoms with van der Waals surface area (Å²) in [5.74, 6) is 0. The van der Waals surface area contributed by atoms with Gasteiger partial charge in [-0.2, -0.15) is 13.2 Å². The first kappa shape index (κ1) is 11.9. The molecule has 96 valence electrons. The van der Waals surface area contributed by atoms with Crippen molar-refractivity contribution in [3.05, 3.63) is 28.8 Å². The second-order valence-electron chi connectivity index (χ2n) is 4.51. The monoisotopic (exact) mass is 273 g/mol. The summed E-state index contributed by atoms with van der Waals surface area (Å²) < 4.78 is 38.6. The molecule has 1 aliphatic rings. The first-order valence-corrected chi connectivity index (χ1v) is 6.67. The molecule has 2 nitrogen and oxygen atoms in total. The number of hydrogen-bond acceptors (Lipinski definition) is 2. The van der Waals surface area contributed by atoms with Crippen LogP contribution in [-0.4, -0.2) is 11.5 Å². The lowest BCUT2D eigenvalue weighted by Crippen LogP contribution is -2.81. The van der Waals surface area contributed by atoms with Gasteiger partial charge >= 0.3 is 6.18 Å². The molecule has 3 rings (SSSR count). The largest absolute Gasteiger partial charge is 0.416 e. The van der Waals surface area contributed by atoms with Gasteiger partial charge in [0, 0.05) is 12.8 Å².